The molecule has 0 aliphatic rings. The van der Waals surface area contributed by atoms with Gasteiger partial charge in [0.05, 0.1) is 18.2 Å². The molecule has 0 atom stereocenters. The van der Waals surface area contributed by atoms with Gasteiger partial charge in [-0.25, -0.2) is 0 Å². The van der Waals surface area contributed by atoms with E-state index in [9.17, 15) is 9.59 Å². The van der Waals surface area contributed by atoms with E-state index in [2.05, 4.69) is 10.6 Å². The lowest BCUT2D eigenvalue weighted by Gasteiger charge is -2.24. The van der Waals surface area contributed by atoms with Crippen LogP contribution in [0.5, 0.6) is 5.75 Å². The van der Waals surface area contributed by atoms with Crippen LogP contribution in [0.3, 0.4) is 0 Å². The van der Waals surface area contributed by atoms with Crippen molar-refractivity contribution in [1.82, 2.24) is 0 Å². The second-order valence-corrected chi connectivity index (χ2v) is 7.76. The summed E-state index contributed by atoms with van der Waals surface area (Å²) in [5.41, 5.74) is 1.70. The Morgan fingerprint density at radius 2 is 1.63 bits per heavy atom. The van der Waals surface area contributed by atoms with Crippen LogP contribution in [0.25, 0.3) is 0 Å². The predicted molar refractivity (Wildman–Crippen MR) is 120 cm³/mol. The lowest BCUT2D eigenvalue weighted by Crippen LogP contribution is -2.34. The van der Waals surface area contributed by atoms with Crippen LogP contribution in [0.15, 0.2) is 72.8 Å². The second kappa shape index (κ2) is 9.01. The normalized spacial score (nSPS) is 10.9. The number of amides is 2. The van der Waals surface area contributed by atoms with Crippen molar-refractivity contribution in [3.63, 3.8) is 0 Å². The van der Waals surface area contributed by atoms with Gasteiger partial charge in [-0.2, -0.15) is 0 Å². The third-order valence-corrected chi connectivity index (χ3v) is 5.09. The van der Waals surface area contributed by atoms with Gasteiger partial charge in [-0.1, -0.05) is 48.0 Å². The van der Waals surface area contributed by atoms with E-state index in [0.29, 0.717) is 27.7 Å². The van der Waals surface area contributed by atoms with E-state index in [4.69, 9.17) is 16.3 Å². The van der Waals surface area contributed by atoms with Gasteiger partial charge in [0, 0.05) is 22.3 Å². The van der Waals surface area contributed by atoms with E-state index in [0.717, 1.165) is 5.56 Å². The van der Waals surface area contributed by atoms with Crippen molar-refractivity contribution in [1.29, 1.82) is 0 Å². The van der Waals surface area contributed by atoms with Crippen molar-refractivity contribution in [2.24, 2.45) is 0 Å². The fourth-order valence-corrected chi connectivity index (χ4v) is 3.16. The average Bonchev–Trinajstić information content (AvgIpc) is 2.75. The SMILES string of the molecule is COc1cc(NC(=O)C(C)(C)c2ccccc2)ccc1NC(=O)c1cccc(Cl)c1. The molecule has 0 aliphatic heterocycles. The molecule has 3 aromatic rings. The van der Waals surface area contributed by atoms with Crippen LogP contribution < -0.4 is 15.4 Å². The van der Waals surface area contributed by atoms with Crippen LogP contribution in [0.4, 0.5) is 11.4 Å². The van der Waals surface area contributed by atoms with Crippen molar-refractivity contribution in [3.05, 3.63) is 88.9 Å². The summed E-state index contributed by atoms with van der Waals surface area (Å²) in [6.45, 7) is 3.74. The summed E-state index contributed by atoms with van der Waals surface area (Å²) >= 11 is 5.96. The van der Waals surface area contributed by atoms with Crippen LogP contribution in [-0.4, -0.2) is 18.9 Å². The van der Waals surface area contributed by atoms with Crippen molar-refractivity contribution >= 4 is 34.8 Å². The van der Waals surface area contributed by atoms with E-state index >= 15 is 0 Å². The van der Waals surface area contributed by atoms with Crippen molar-refractivity contribution in [2.75, 3.05) is 17.7 Å². The molecule has 3 aromatic carbocycles. The van der Waals surface area contributed by atoms with Gasteiger partial charge in [0.25, 0.3) is 5.91 Å². The van der Waals surface area contributed by atoms with Gasteiger partial charge in [-0.05, 0) is 49.7 Å². The number of nitrogens with one attached hydrogen (secondary N) is 2. The van der Waals surface area contributed by atoms with Crippen LogP contribution >= 0.6 is 11.6 Å². The zero-order valence-electron chi connectivity index (χ0n) is 17.0. The molecule has 0 saturated carbocycles. The molecule has 5 nitrogen and oxygen atoms in total. The maximum Gasteiger partial charge on any atom is 0.255 e. The molecule has 6 heteroatoms. The molecule has 0 saturated heterocycles. The summed E-state index contributed by atoms with van der Waals surface area (Å²) in [7, 11) is 1.50. The molecule has 2 N–H and O–H groups in total. The number of hydrogen-bond acceptors (Lipinski definition) is 3. The first-order valence-corrected chi connectivity index (χ1v) is 9.81. The highest BCUT2D eigenvalue weighted by Gasteiger charge is 2.29. The molecule has 0 aliphatic carbocycles. The number of rotatable bonds is 6. The average molecular weight is 423 g/mol. The van der Waals surface area contributed by atoms with E-state index in [-0.39, 0.29) is 11.8 Å². The molecule has 0 spiro atoms. The lowest BCUT2D eigenvalue weighted by atomic mass is 9.83. The van der Waals surface area contributed by atoms with Crippen LogP contribution in [0.2, 0.25) is 5.02 Å². The summed E-state index contributed by atoms with van der Waals surface area (Å²) in [4.78, 5) is 25.4. The topological polar surface area (TPSA) is 67.4 Å². The first kappa shape index (κ1) is 21.4. The molecular formula is C24H23ClN2O3. The Hall–Kier alpha value is -3.31. The number of ether oxygens (including phenoxy) is 1. The highest BCUT2D eigenvalue weighted by atomic mass is 35.5. The zero-order chi connectivity index (χ0) is 21.7. The van der Waals surface area contributed by atoms with Gasteiger partial charge in [-0.15, -0.1) is 0 Å². The first-order valence-electron chi connectivity index (χ1n) is 9.43. The third-order valence-electron chi connectivity index (χ3n) is 4.86. The van der Waals surface area contributed by atoms with Gasteiger partial charge in [0.1, 0.15) is 5.75 Å². The van der Waals surface area contributed by atoms with Crippen LogP contribution in [0.1, 0.15) is 29.8 Å². The smallest absolute Gasteiger partial charge is 0.255 e. The molecule has 3 rings (SSSR count). The number of methoxy groups -OCH3 is 1. The fraction of sp³-hybridized carbons (Fsp3) is 0.167. The zero-order valence-corrected chi connectivity index (χ0v) is 17.8. The highest BCUT2D eigenvalue weighted by Crippen LogP contribution is 2.30. The van der Waals surface area contributed by atoms with Crippen molar-refractivity contribution in [3.8, 4) is 5.75 Å². The standard InChI is InChI=1S/C24H23ClN2O3/c1-24(2,17-9-5-4-6-10-17)23(29)26-19-12-13-20(21(15-19)30-3)27-22(28)16-8-7-11-18(25)14-16/h4-15H,1-3H3,(H,26,29)(H,27,28). The molecule has 0 unspecified atom stereocenters. The Balaban J connectivity index is 1.77. The molecule has 0 heterocycles. The number of benzene rings is 3. The maximum atomic E-state index is 12.9. The van der Waals surface area contributed by atoms with E-state index in [1.165, 1.54) is 7.11 Å². The quantitative estimate of drug-likeness (QED) is 0.549. The summed E-state index contributed by atoms with van der Waals surface area (Å²) < 4.78 is 5.41. The molecule has 0 fully saturated rings. The van der Waals surface area contributed by atoms with E-state index in [1.54, 1.807) is 42.5 Å². The fourth-order valence-electron chi connectivity index (χ4n) is 2.97. The summed E-state index contributed by atoms with van der Waals surface area (Å²) in [5, 5.41) is 6.21. The first-order chi connectivity index (χ1) is 14.3. The maximum absolute atomic E-state index is 12.9. The summed E-state index contributed by atoms with van der Waals surface area (Å²) in [6, 6.07) is 21.3. The number of anilines is 2. The third kappa shape index (κ3) is 4.81. The Labute approximate surface area is 181 Å². The second-order valence-electron chi connectivity index (χ2n) is 7.32. The van der Waals surface area contributed by atoms with Gasteiger partial charge in [0.15, 0.2) is 0 Å². The molecule has 30 heavy (non-hydrogen) atoms. The monoisotopic (exact) mass is 422 g/mol. The number of carbonyl (C=O) groups is 2. The van der Waals surface area contributed by atoms with E-state index < -0.39 is 5.41 Å². The lowest BCUT2D eigenvalue weighted by molar-refractivity contribution is -0.120. The van der Waals surface area contributed by atoms with Gasteiger partial charge in [0.2, 0.25) is 5.91 Å². The number of hydrogen-bond donors (Lipinski definition) is 2. The Morgan fingerprint density at radius 3 is 2.30 bits per heavy atom. The van der Waals surface area contributed by atoms with Crippen LogP contribution in [0, 0.1) is 0 Å². The van der Waals surface area contributed by atoms with Gasteiger partial charge in [-0.3, -0.25) is 9.59 Å². The van der Waals surface area contributed by atoms with Crippen LogP contribution in [-0.2, 0) is 10.2 Å². The molecular weight excluding hydrogens is 400 g/mol. The largest absolute Gasteiger partial charge is 0.494 e. The highest BCUT2D eigenvalue weighted by molar-refractivity contribution is 6.31. The molecule has 0 radical (unpaired) electrons. The Morgan fingerprint density at radius 1 is 0.900 bits per heavy atom. The van der Waals surface area contributed by atoms with Gasteiger partial charge >= 0.3 is 0 Å². The Bertz CT molecular complexity index is 1070. The van der Waals surface area contributed by atoms with E-state index in [1.807, 2.05) is 44.2 Å². The predicted octanol–water partition coefficient (Wildman–Crippen LogP) is 5.52. The number of carbonyl (C=O) groups excluding carboxylic acids is 2. The molecule has 154 valence electrons. The molecule has 0 bridgehead atoms. The minimum atomic E-state index is -0.714. The minimum absolute atomic E-state index is 0.147. The number of halogens is 1. The molecule has 0 aromatic heterocycles. The molecule has 2 amide bonds. The van der Waals surface area contributed by atoms with Gasteiger partial charge < -0.3 is 15.4 Å². The summed E-state index contributed by atoms with van der Waals surface area (Å²) in [6.07, 6.45) is 0. The summed E-state index contributed by atoms with van der Waals surface area (Å²) in [5.74, 6) is -0.0232. The van der Waals surface area contributed by atoms with Crippen molar-refractivity contribution < 1.29 is 14.3 Å². The van der Waals surface area contributed by atoms with Crippen molar-refractivity contribution in [2.45, 2.75) is 19.3 Å². The minimum Gasteiger partial charge on any atom is -0.494 e. The Kier molecular flexibility index (Phi) is 6.43.